The highest BCUT2D eigenvalue weighted by Crippen LogP contribution is 2.27. The Kier molecular flexibility index (Phi) is 6.27. The number of para-hydroxylation sites is 1. The Morgan fingerprint density at radius 3 is 2.03 bits per heavy atom. The van der Waals surface area contributed by atoms with Crippen molar-refractivity contribution in [3.63, 3.8) is 0 Å². The van der Waals surface area contributed by atoms with Gasteiger partial charge in [0.25, 0.3) is 10.0 Å². The average Bonchev–Trinajstić information content (AvgIpc) is 2.66. The third-order valence-electron chi connectivity index (χ3n) is 4.79. The Morgan fingerprint density at radius 1 is 0.833 bits per heavy atom. The van der Waals surface area contributed by atoms with Crippen LogP contribution in [0.15, 0.2) is 71.6 Å². The van der Waals surface area contributed by atoms with Gasteiger partial charge in [0.15, 0.2) is 0 Å². The first-order chi connectivity index (χ1) is 14.2. The maximum absolute atomic E-state index is 13.4. The first-order valence-corrected chi connectivity index (χ1v) is 11.1. The van der Waals surface area contributed by atoms with Gasteiger partial charge in [0.2, 0.25) is 5.91 Å². The van der Waals surface area contributed by atoms with Crippen molar-refractivity contribution in [2.75, 3.05) is 16.2 Å². The van der Waals surface area contributed by atoms with Crippen molar-refractivity contribution < 1.29 is 13.2 Å². The number of amides is 1. The van der Waals surface area contributed by atoms with Crippen molar-refractivity contribution in [2.24, 2.45) is 0 Å². The number of anilines is 2. The van der Waals surface area contributed by atoms with Crippen molar-refractivity contribution >= 4 is 27.3 Å². The van der Waals surface area contributed by atoms with E-state index in [0.29, 0.717) is 11.4 Å². The molecule has 1 N–H and O–H groups in total. The maximum Gasteiger partial charge on any atom is 0.264 e. The molecule has 3 aromatic rings. The van der Waals surface area contributed by atoms with Gasteiger partial charge in [-0.1, -0.05) is 42.0 Å². The van der Waals surface area contributed by atoms with Gasteiger partial charge in [-0.15, -0.1) is 0 Å². The Morgan fingerprint density at radius 2 is 1.43 bits per heavy atom. The SMILES string of the molecule is Cc1ccc(S(=O)(=O)N(CC(=O)Nc2cc(C)cc(C)c2)c2ccccc2C)cc1. The molecule has 0 saturated heterocycles. The van der Waals surface area contributed by atoms with Gasteiger partial charge in [-0.25, -0.2) is 8.42 Å². The lowest BCUT2D eigenvalue weighted by molar-refractivity contribution is -0.114. The van der Waals surface area contributed by atoms with Gasteiger partial charge in [-0.3, -0.25) is 9.10 Å². The van der Waals surface area contributed by atoms with Crippen LogP contribution in [0.3, 0.4) is 0 Å². The summed E-state index contributed by atoms with van der Waals surface area (Å²) in [5, 5.41) is 2.83. The molecule has 0 aliphatic rings. The quantitative estimate of drug-likeness (QED) is 0.623. The lowest BCUT2D eigenvalue weighted by Gasteiger charge is -2.25. The summed E-state index contributed by atoms with van der Waals surface area (Å²) in [6.07, 6.45) is 0. The highest BCUT2D eigenvalue weighted by atomic mass is 32.2. The number of hydrogen-bond acceptors (Lipinski definition) is 3. The van der Waals surface area contributed by atoms with Gasteiger partial charge in [0.05, 0.1) is 10.6 Å². The van der Waals surface area contributed by atoms with Crippen molar-refractivity contribution in [1.82, 2.24) is 0 Å². The monoisotopic (exact) mass is 422 g/mol. The molecule has 3 rings (SSSR count). The first-order valence-electron chi connectivity index (χ1n) is 9.70. The second-order valence-electron chi connectivity index (χ2n) is 7.54. The van der Waals surface area contributed by atoms with E-state index >= 15 is 0 Å². The molecule has 0 heterocycles. The minimum atomic E-state index is -3.92. The van der Waals surface area contributed by atoms with Gasteiger partial charge < -0.3 is 5.32 Å². The van der Waals surface area contributed by atoms with E-state index in [1.165, 1.54) is 4.31 Å². The molecule has 30 heavy (non-hydrogen) atoms. The standard InChI is InChI=1S/C24H26N2O3S/c1-17-9-11-22(12-10-17)30(28,29)26(23-8-6-5-7-20(23)4)16-24(27)25-21-14-18(2)13-19(3)15-21/h5-15H,16H2,1-4H3,(H,25,27). The average molecular weight is 423 g/mol. The highest BCUT2D eigenvalue weighted by molar-refractivity contribution is 7.92. The van der Waals surface area contributed by atoms with Crippen LogP contribution in [0, 0.1) is 27.7 Å². The van der Waals surface area contributed by atoms with Gasteiger partial charge in [-0.2, -0.15) is 0 Å². The van der Waals surface area contributed by atoms with Crippen LogP contribution in [0.25, 0.3) is 0 Å². The third-order valence-corrected chi connectivity index (χ3v) is 6.56. The molecule has 3 aromatic carbocycles. The Bertz CT molecular complexity index is 1150. The minimum absolute atomic E-state index is 0.149. The fourth-order valence-electron chi connectivity index (χ4n) is 3.36. The largest absolute Gasteiger partial charge is 0.324 e. The first kappa shape index (κ1) is 21.6. The maximum atomic E-state index is 13.4. The third kappa shape index (κ3) is 4.89. The molecule has 0 unspecified atom stereocenters. The second kappa shape index (κ2) is 8.71. The van der Waals surface area contributed by atoms with E-state index in [1.54, 1.807) is 36.4 Å². The molecule has 0 saturated carbocycles. The lowest BCUT2D eigenvalue weighted by Crippen LogP contribution is -2.38. The molecular weight excluding hydrogens is 396 g/mol. The van der Waals surface area contributed by atoms with Gasteiger partial charge in [0, 0.05) is 5.69 Å². The fourth-order valence-corrected chi connectivity index (χ4v) is 4.84. The van der Waals surface area contributed by atoms with Gasteiger partial charge in [-0.05, 0) is 74.7 Å². The van der Waals surface area contributed by atoms with Crippen molar-refractivity contribution in [2.45, 2.75) is 32.6 Å². The van der Waals surface area contributed by atoms with Crippen LogP contribution in [0.4, 0.5) is 11.4 Å². The summed E-state index contributed by atoms with van der Waals surface area (Å²) in [6.45, 7) is 7.30. The van der Waals surface area contributed by atoms with E-state index in [1.807, 2.05) is 58.0 Å². The van der Waals surface area contributed by atoms with Crippen LogP contribution in [0.2, 0.25) is 0 Å². The van der Waals surface area contributed by atoms with E-state index < -0.39 is 15.9 Å². The molecule has 0 aromatic heterocycles. The Balaban J connectivity index is 1.97. The molecule has 5 nitrogen and oxygen atoms in total. The number of carbonyl (C=O) groups is 1. The summed E-state index contributed by atoms with van der Waals surface area (Å²) in [5.41, 5.74) is 4.90. The number of nitrogens with zero attached hydrogens (tertiary/aromatic N) is 1. The summed E-state index contributed by atoms with van der Waals surface area (Å²) in [6, 6.07) is 19.5. The summed E-state index contributed by atoms with van der Waals surface area (Å²) < 4.78 is 28.0. The van der Waals surface area contributed by atoms with E-state index in [0.717, 1.165) is 22.3 Å². The van der Waals surface area contributed by atoms with Crippen LogP contribution < -0.4 is 9.62 Å². The van der Waals surface area contributed by atoms with Crippen molar-refractivity contribution in [3.8, 4) is 0 Å². The zero-order valence-corrected chi connectivity index (χ0v) is 18.5. The lowest BCUT2D eigenvalue weighted by atomic mass is 10.1. The number of rotatable bonds is 6. The molecular formula is C24H26N2O3S. The molecule has 0 aliphatic carbocycles. The Hall–Kier alpha value is -3.12. The van der Waals surface area contributed by atoms with E-state index in [2.05, 4.69) is 5.32 Å². The normalized spacial score (nSPS) is 11.2. The van der Waals surface area contributed by atoms with Crippen LogP contribution in [0.5, 0.6) is 0 Å². The van der Waals surface area contributed by atoms with Gasteiger partial charge >= 0.3 is 0 Å². The summed E-state index contributed by atoms with van der Waals surface area (Å²) in [5.74, 6) is -0.404. The molecule has 0 radical (unpaired) electrons. The highest BCUT2D eigenvalue weighted by Gasteiger charge is 2.28. The summed E-state index contributed by atoms with van der Waals surface area (Å²) >= 11 is 0. The number of sulfonamides is 1. The minimum Gasteiger partial charge on any atom is -0.324 e. The number of carbonyl (C=O) groups excluding carboxylic acids is 1. The number of hydrogen-bond donors (Lipinski definition) is 1. The zero-order valence-electron chi connectivity index (χ0n) is 17.6. The van der Waals surface area contributed by atoms with Crippen LogP contribution >= 0.6 is 0 Å². The van der Waals surface area contributed by atoms with Crippen molar-refractivity contribution in [1.29, 1.82) is 0 Å². The molecule has 0 fully saturated rings. The van der Waals surface area contributed by atoms with Crippen LogP contribution in [0.1, 0.15) is 22.3 Å². The predicted molar refractivity (Wildman–Crippen MR) is 121 cm³/mol. The van der Waals surface area contributed by atoms with Crippen LogP contribution in [-0.2, 0) is 14.8 Å². The van der Waals surface area contributed by atoms with E-state index in [9.17, 15) is 13.2 Å². The van der Waals surface area contributed by atoms with Gasteiger partial charge in [0.1, 0.15) is 6.54 Å². The molecule has 0 bridgehead atoms. The predicted octanol–water partition coefficient (Wildman–Crippen LogP) is 4.75. The van der Waals surface area contributed by atoms with E-state index in [-0.39, 0.29) is 11.4 Å². The Labute approximate surface area is 178 Å². The topological polar surface area (TPSA) is 66.5 Å². The number of benzene rings is 3. The van der Waals surface area contributed by atoms with Crippen LogP contribution in [-0.4, -0.2) is 20.9 Å². The number of aryl methyl sites for hydroxylation is 4. The van der Waals surface area contributed by atoms with E-state index in [4.69, 9.17) is 0 Å². The molecule has 1 amide bonds. The smallest absolute Gasteiger partial charge is 0.264 e. The molecule has 0 atom stereocenters. The number of nitrogens with one attached hydrogen (secondary N) is 1. The second-order valence-corrected chi connectivity index (χ2v) is 9.40. The van der Waals surface area contributed by atoms with Crippen molar-refractivity contribution in [3.05, 3.63) is 89.0 Å². The summed E-state index contributed by atoms with van der Waals surface area (Å²) in [7, 11) is -3.92. The molecule has 6 heteroatoms. The fraction of sp³-hybridized carbons (Fsp3) is 0.208. The molecule has 156 valence electrons. The molecule has 0 spiro atoms. The molecule has 0 aliphatic heterocycles. The summed E-state index contributed by atoms with van der Waals surface area (Å²) in [4.78, 5) is 13.0. The zero-order chi connectivity index (χ0) is 21.9.